The Labute approximate surface area is 183 Å². The maximum atomic E-state index is 13.2. The van der Waals surface area contributed by atoms with Gasteiger partial charge in [0.25, 0.3) is 15.9 Å². The Kier molecular flexibility index (Phi) is 5.69. The summed E-state index contributed by atoms with van der Waals surface area (Å²) in [4.78, 5) is 13.0. The predicted molar refractivity (Wildman–Crippen MR) is 118 cm³/mol. The number of carbonyl (C=O) groups is 1. The van der Waals surface area contributed by atoms with Crippen molar-refractivity contribution in [1.82, 2.24) is 15.0 Å². The molecule has 4 rings (SSSR count). The number of nitrogens with zero attached hydrogens (tertiary/aromatic N) is 3. The van der Waals surface area contributed by atoms with Crippen molar-refractivity contribution in [3.05, 3.63) is 96.1 Å². The first-order valence-corrected chi connectivity index (χ1v) is 11.0. The van der Waals surface area contributed by atoms with Crippen molar-refractivity contribution < 1.29 is 17.6 Å². The first-order chi connectivity index (χ1) is 15.3. The van der Waals surface area contributed by atoms with Gasteiger partial charge in [-0.3, -0.25) is 9.52 Å². The fraction of sp³-hybridized carbons (Fsp3) is 0.0455. The van der Waals surface area contributed by atoms with Crippen molar-refractivity contribution in [2.24, 2.45) is 0 Å². The van der Waals surface area contributed by atoms with E-state index in [2.05, 4.69) is 20.4 Å². The van der Waals surface area contributed by atoms with Crippen LogP contribution in [0.2, 0.25) is 0 Å². The van der Waals surface area contributed by atoms with Crippen LogP contribution in [0.25, 0.3) is 5.69 Å². The zero-order valence-corrected chi connectivity index (χ0v) is 17.7. The van der Waals surface area contributed by atoms with E-state index in [0.717, 1.165) is 0 Å². The van der Waals surface area contributed by atoms with Gasteiger partial charge in [0.2, 0.25) is 0 Å². The lowest BCUT2D eigenvalue weighted by Crippen LogP contribution is -2.18. The number of hydrogen-bond donors (Lipinski definition) is 2. The zero-order valence-electron chi connectivity index (χ0n) is 16.9. The Morgan fingerprint density at radius 3 is 2.22 bits per heavy atom. The van der Waals surface area contributed by atoms with Crippen LogP contribution in [0, 0.1) is 12.7 Å². The summed E-state index contributed by atoms with van der Waals surface area (Å²) in [5.74, 6) is -0.957. The Hall–Kier alpha value is -4.05. The average Bonchev–Trinajstić information content (AvgIpc) is 3.17. The number of aromatic nitrogens is 3. The molecule has 0 aliphatic carbocycles. The number of para-hydroxylation sites is 2. The van der Waals surface area contributed by atoms with Gasteiger partial charge in [-0.1, -0.05) is 35.5 Å². The molecule has 0 aliphatic heterocycles. The summed E-state index contributed by atoms with van der Waals surface area (Å²) in [5, 5.41) is 10.6. The number of halogens is 1. The highest BCUT2D eigenvalue weighted by molar-refractivity contribution is 7.92. The molecule has 1 heterocycles. The third-order valence-electron chi connectivity index (χ3n) is 4.65. The molecule has 0 saturated heterocycles. The van der Waals surface area contributed by atoms with E-state index in [-0.39, 0.29) is 27.8 Å². The van der Waals surface area contributed by atoms with Gasteiger partial charge in [0.15, 0.2) is 5.69 Å². The van der Waals surface area contributed by atoms with Gasteiger partial charge in [0.05, 0.1) is 27.7 Å². The molecule has 32 heavy (non-hydrogen) atoms. The van der Waals surface area contributed by atoms with E-state index in [1.54, 1.807) is 49.4 Å². The number of anilines is 2. The normalized spacial score (nSPS) is 11.2. The molecule has 8 nitrogen and oxygen atoms in total. The van der Waals surface area contributed by atoms with E-state index in [9.17, 15) is 17.6 Å². The first-order valence-electron chi connectivity index (χ1n) is 9.51. The molecule has 4 aromatic rings. The third kappa shape index (κ3) is 4.35. The highest BCUT2D eigenvalue weighted by atomic mass is 32.2. The van der Waals surface area contributed by atoms with E-state index < -0.39 is 15.9 Å². The van der Waals surface area contributed by atoms with Crippen LogP contribution >= 0.6 is 0 Å². The number of rotatable bonds is 6. The molecule has 0 fully saturated rings. The number of benzene rings is 3. The van der Waals surface area contributed by atoms with Crippen LogP contribution in [-0.2, 0) is 10.0 Å². The van der Waals surface area contributed by atoms with Crippen molar-refractivity contribution in [3.8, 4) is 5.69 Å². The second kappa shape index (κ2) is 8.60. The first kappa shape index (κ1) is 21.2. The van der Waals surface area contributed by atoms with Gasteiger partial charge in [0.1, 0.15) is 5.82 Å². The monoisotopic (exact) mass is 451 g/mol. The summed E-state index contributed by atoms with van der Waals surface area (Å²) in [7, 11) is -3.84. The molecule has 2 N–H and O–H groups in total. The molecule has 0 aliphatic rings. The van der Waals surface area contributed by atoms with Crippen LogP contribution in [0.1, 0.15) is 16.2 Å². The van der Waals surface area contributed by atoms with Crippen molar-refractivity contribution in [3.63, 3.8) is 0 Å². The Morgan fingerprint density at radius 1 is 0.906 bits per heavy atom. The number of sulfonamides is 1. The van der Waals surface area contributed by atoms with Gasteiger partial charge in [-0.05, 0) is 55.5 Å². The van der Waals surface area contributed by atoms with Crippen LogP contribution in [0.4, 0.5) is 15.8 Å². The van der Waals surface area contributed by atoms with E-state index in [1.807, 2.05) is 0 Å². The summed E-state index contributed by atoms with van der Waals surface area (Å²) in [6, 6.07) is 19.9. The van der Waals surface area contributed by atoms with Crippen LogP contribution < -0.4 is 10.0 Å². The fourth-order valence-corrected chi connectivity index (χ4v) is 4.13. The fourth-order valence-electron chi connectivity index (χ4n) is 3.03. The van der Waals surface area contributed by atoms with E-state index >= 15 is 0 Å². The molecule has 10 heteroatoms. The molecule has 0 saturated carbocycles. The molecule has 0 spiro atoms. The lowest BCUT2D eigenvalue weighted by Gasteiger charge is -2.13. The SMILES string of the molecule is Cc1c(C(=O)Nc2ccccc2NS(=O)(=O)c2ccccc2)nnn1-c1ccc(F)cc1. The molecule has 0 radical (unpaired) electrons. The summed E-state index contributed by atoms with van der Waals surface area (Å²) >= 11 is 0. The van der Waals surface area contributed by atoms with Crippen LogP contribution in [0.15, 0.2) is 83.8 Å². The van der Waals surface area contributed by atoms with Crippen LogP contribution in [0.5, 0.6) is 0 Å². The number of nitrogens with one attached hydrogen (secondary N) is 2. The summed E-state index contributed by atoms with van der Waals surface area (Å²) < 4.78 is 42.4. The van der Waals surface area contributed by atoms with Crippen molar-refractivity contribution in [1.29, 1.82) is 0 Å². The largest absolute Gasteiger partial charge is 0.319 e. The smallest absolute Gasteiger partial charge is 0.278 e. The van der Waals surface area contributed by atoms with Gasteiger partial charge in [-0.15, -0.1) is 5.10 Å². The van der Waals surface area contributed by atoms with E-state index in [4.69, 9.17) is 0 Å². The molecule has 0 atom stereocenters. The van der Waals surface area contributed by atoms with Crippen molar-refractivity contribution >= 4 is 27.3 Å². The van der Waals surface area contributed by atoms with Gasteiger partial charge in [0, 0.05) is 0 Å². The van der Waals surface area contributed by atoms with Gasteiger partial charge >= 0.3 is 0 Å². The molecule has 1 amide bonds. The van der Waals surface area contributed by atoms with E-state index in [1.165, 1.54) is 41.1 Å². The maximum Gasteiger partial charge on any atom is 0.278 e. The van der Waals surface area contributed by atoms with E-state index in [0.29, 0.717) is 11.4 Å². The molecule has 1 aromatic heterocycles. The average molecular weight is 451 g/mol. The Morgan fingerprint density at radius 2 is 1.53 bits per heavy atom. The summed E-state index contributed by atoms with van der Waals surface area (Å²) in [6.07, 6.45) is 0. The van der Waals surface area contributed by atoms with Gasteiger partial charge in [-0.25, -0.2) is 17.5 Å². The summed E-state index contributed by atoms with van der Waals surface area (Å²) in [6.45, 7) is 1.66. The molecule has 0 bridgehead atoms. The lowest BCUT2D eigenvalue weighted by molar-refractivity contribution is 0.102. The van der Waals surface area contributed by atoms with Gasteiger partial charge in [-0.2, -0.15) is 0 Å². The number of carbonyl (C=O) groups excluding carboxylic acids is 1. The molecule has 162 valence electrons. The summed E-state index contributed by atoms with van der Waals surface area (Å²) in [5.41, 5.74) is 1.50. The van der Waals surface area contributed by atoms with Crippen LogP contribution in [-0.4, -0.2) is 29.3 Å². The Balaban J connectivity index is 1.58. The zero-order chi connectivity index (χ0) is 22.7. The molecular formula is C22H18FN5O3S. The molecular weight excluding hydrogens is 433 g/mol. The maximum absolute atomic E-state index is 13.2. The highest BCUT2D eigenvalue weighted by Crippen LogP contribution is 2.25. The number of amides is 1. The van der Waals surface area contributed by atoms with Crippen molar-refractivity contribution in [2.75, 3.05) is 10.0 Å². The highest BCUT2D eigenvalue weighted by Gasteiger charge is 2.20. The molecule has 0 unspecified atom stereocenters. The minimum atomic E-state index is -3.84. The lowest BCUT2D eigenvalue weighted by atomic mass is 10.2. The second-order valence-electron chi connectivity index (χ2n) is 6.83. The topological polar surface area (TPSA) is 106 Å². The van der Waals surface area contributed by atoms with Crippen LogP contribution in [0.3, 0.4) is 0 Å². The second-order valence-corrected chi connectivity index (χ2v) is 8.51. The Bertz CT molecular complexity index is 1370. The minimum Gasteiger partial charge on any atom is -0.319 e. The number of hydrogen-bond acceptors (Lipinski definition) is 5. The minimum absolute atomic E-state index is 0.0510. The molecule has 3 aromatic carbocycles. The quantitative estimate of drug-likeness (QED) is 0.464. The van der Waals surface area contributed by atoms with Crippen molar-refractivity contribution in [2.45, 2.75) is 11.8 Å². The third-order valence-corrected chi connectivity index (χ3v) is 6.04. The standard InChI is InChI=1S/C22H18FN5O3S/c1-15-21(25-27-28(15)17-13-11-16(23)12-14-17)22(29)24-19-9-5-6-10-20(19)26-32(30,31)18-7-3-2-4-8-18/h2-14,26H,1H3,(H,24,29). The predicted octanol–water partition coefficient (Wildman–Crippen LogP) is 3.77. The van der Waals surface area contributed by atoms with Gasteiger partial charge < -0.3 is 5.32 Å².